The quantitative estimate of drug-likeness (QED) is 0.408. The summed E-state index contributed by atoms with van der Waals surface area (Å²) in [6, 6.07) is 11.1. The number of nitrogens with one attached hydrogen (secondary N) is 1. The Balaban J connectivity index is 1.53. The Bertz CT molecular complexity index is 1020. The first-order valence-electron chi connectivity index (χ1n) is 9.44. The lowest BCUT2D eigenvalue weighted by atomic mass is 10.1. The number of hydrogen-bond acceptors (Lipinski definition) is 7. The number of ether oxygens (including phenoxy) is 2. The molecule has 0 aliphatic carbocycles. The fourth-order valence-corrected chi connectivity index (χ4v) is 3.21. The second-order valence-corrected chi connectivity index (χ2v) is 7.02. The van der Waals surface area contributed by atoms with Crippen LogP contribution < -0.4 is 15.0 Å². The van der Waals surface area contributed by atoms with Gasteiger partial charge >= 0.3 is 5.97 Å². The molecule has 0 spiro atoms. The van der Waals surface area contributed by atoms with Crippen LogP contribution in [-0.4, -0.2) is 43.0 Å². The van der Waals surface area contributed by atoms with Crippen LogP contribution in [0.4, 0.5) is 17.1 Å². The van der Waals surface area contributed by atoms with Crippen molar-refractivity contribution in [2.45, 2.75) is 13.3 Å². The van der Waals surface area contributed by atoms with Crippen LogP contribution in [0.15, 0.2) is 42.5 Å². The highest BCUT2D eigenvalue weighted by atomic mass is 16.6. The maximum absolute atomic E-state index is 12.3. The van der Waals surface area contributed by atoms with Gasteiger partial charge in [0.1, 0.15) is 5.75 Å². The molecular formula is C21H21N3O7. The number of aryl methyl sites for hydroxylation is 1. The zero-order valence-electron chi connectivity index (χ0n) is 17.0. The highest BCUT2D eigenvalue weighted by Crippen LogP contribution is 2.27. The van der Waals surface area contributed by atoms with Gasteiger partial charge in [0.05, 0.1) is 18.0 Å². The van der Waals surface area contributed by atoms with Gasteiger partial charge in [-0.1, -0.05) is 6.07 Å². The van der Waals surface area contributed by atoms with Crippen molar-refractivity contribution in [3.05, 3.63) is 58.1 Å². The molecule has 1 atom stereocenters. The first-order valence-corrected chi connectivity index (χ1v) is 9.44. The lowest BCUT2D eigenvalue weighted by Crippen LogP contribution is -2.28. The summed E-state index contributed by atoms with van der Waals surface area (Å²) < 4.78 is 10.1. The lowest BCUT2D eigenvalue weighted by Gasteiger charge is -2.16. The standard InChI is InChI=1S/C21H21N3O7/c1-13-3-4-15(10-18(13)24(28)29)22-19(25)12-31-21(27)14-9-20(26)23(11-14)16-5-7-17(30-2)8-6-16/h3-8,10,14H,9,11-12H2,1-2H3,(H,22,25)/t14-/m1/s1. The molecule has 2 aromatic carbocycles. The van der Waals surface area contributed by atoms with Crippen molar-refractivity contribution in [1.29, 1.82) is 0 Å². The third kappa shape index (κ3) is 5.16. The van der Waals surface area contributed by atoms with Gasteiger partial charge in [-0.2, -0.15) is 0 Å². The molecule has 1 aliphatic rings. The number of rotatable bonds is 7. The average Bonchev–Trinajstić information content (AvgIpc) is 3.15. The molecule has 0 radical (unpaired) electrons. The van der Waals surface area contributed by atoms with E-state index in [4.69, 9.17) is 9.47 Å². The van der Waals surface area contributed by atoms with Crippen molar-refractivity contribution in [2.75, 3.05) is 30.5 Å². The summed E-state index contributed by atoms with van der Waals surface area (Å²) in [6.45, 7) is 1.17. The van der Waals surface area contributed by atoms with Crippen molar-refractivity contribution in [3.63, 3.8) is 0 Å². The Labute approximate surface area is 177 Å². The fraction of sp³-hybridized carbons (Fsp3) is 0.286. The number of esters is 1. The minimum Gasteiger partial charge on any atom is -0.497 e. The molecular weight excluding hydrogens is 406 g/mol. The number of methoxy groups -OCH3 is 1. The average molecular weight is 427 g/mol. The number of benzene rings is 2. The summed E-state index contributed by atoms with van der Waals surface area (Å²) in [5.74, 6) is -1.56. The highest BCUT2D eigenvalue weighted by Gasteiger charge is 2.36. The van der Waals surface area contributed by atoms with Crippen LogP contribution in [0.25, 0.3) is 0 Å². The number of nitro groups is 1. The maximum atomic E-state index is 12.3. The van der Waals surface area contributed by atoms with Gasteiger partial charge in [-0.3, -0.25) is 24.5 Å². The van der Waals surface area contributed by atoms with E-state index in [0.29, 0.717) is 17.0 Å². The molecule has 1 N–H and O–H groups in total. The highest BCUT2D eigenvalue weighted by molar-refractivity contribution is 6.00. The number of nitro benzene ring substituents is 1. The number of amides is 2. The topological polar surface area (TPSA) is 128 Å². The Hall–Kier alpha value is -3.95. The molecule has 0 unspecified atom stereocenters. The van der Waals surface area contributed by atoms with Crippen LogP contribution in [0.5, 0.6) is 5.75 Å². The molecule has 10 nitrogen and oxygen atoms in total. The van der Waals surface area contributed by atoms with E-state index in [2.05, 4.69) is 5.32 Å². The summed E-state index contributed by atoms with van der Waals surface area (Å²) in [5, 5.41) is 13.4. The number of nitrogens with zero attached hydrogens (tertiary/aromatic N) is 2. The molecule has 0 bridgehead atoms. The first kappa shape index (κ1) is 21.8. The van der Waals surface area contributed by atoms with E-state index in [-0.39, 0.29) is 30.2 Å². The number of hydrogen-bond donors (Lipinski definition) is 1. The zero-order chi connectivity index (χ0) is 22.5. The van der Waals surface area contributed by atoms with E-state index in [1.165, 1.54) is 30.2 Å². The van der Waals surface area contributed by atoms with E-state index in [1.54, 1.807) is 31.2 Å². The lowest BCUT2D eigenvalue weighted by molar-refractivity contribution is -0.385. The number of carbonyl (C=O) groups is 3. The molecule has 1 fully saturated rings. The van der Waals surface area contributed by atoms with Crippen LogP contribution in [0.3, 0.4) is 0 Å². The molecule has 10 heteroatoms. The monoisotopic (exact) mass is 427 g/mol. The van der Waals surface area contributed by atoms with E-state index in [0.717, 1.165) is 0 Å². The molecule has 162 valence electrons. The van der Waals surface area contributed by atoms with Crippen LogP contribution in [0.2, 0.25) is 0 Å². The van der Waals surface area contributed by atoms with Crippen LogP contribution in [-0.2, 0) is 19.1 Å². The first-order chi connectivity index (χ1) is 14.8. The summed E-state index contributed by atoms with van der Waals surface area (Å²) in [5.41, 5.74) is 1.19. The Morgan fingerprint density at radius 3 is 2.58 bits per heavy atom. The van der Waals surface area contributed by atoms with E-state index < -0.39 is 29.3 Å². The molecule has 0 aromatic heterocycles. The summed E-state index contributed by atoms with van der Waals surface area (Å²) in [4.78, 5) is 48.6. The summed E-state index contributed by atoms with van der Waals surface area (Å²) in [7, 11) is 1.54. The third-order valence-electron chi connectivity index (χ3n) is 4.88. The molecule has 2 aromatic rings. The van der Waals surface area contributed by atoms with Crippen molar-refractivity contribution in [3.8, 4) is 5.75 Å². The molecule has 2 amide bonds. The van der Waals surface area contributed by atoms with Crippen molar-refractivity contribution in [2.24, 2.45) is 5.92 Å². The predicted molar refractivity (Wildman–Crippen MR) is 111 cm³/mol. The Morgan fingerprint density at radius 1 is 1.23 bits per heavy atom. The van der Waals surface area contributed by atoms with Crippen LogP contribution >= 0.6 is 0 Å². The smallest absolute Gasteiger partial charge is 0.311 e. The van der Waals surface area contributed by atoms with Gasteiger partial charge in [-0.05, 0) is 37.3 Å². The van der Waals surface area contributed by atoms with Crippen LogP contribution in [0, 0.1) is 23.0 Å². The molecule has 1 saturated heterocycles. The number of carbonyl (C=O) groups excluding carboxylic acids is 3. The van der Waals surface area contributed by atoms with Gasteiger partial charge in [-0.25, -0.2) is 0 Å². The third-order valence-corrected chi connectivity index (χ3v) is 4.88. The molecule has 31 heavy (non-hydrogen) atoms. The Morgan fingerprint density at radius 2 is 1.94 bits per heavy atom. The minimum atomic E-state index is -0.692. The molecule has 3 rings (SSSR count). The van der Waals surface area contributed by atoms with Gasteiger partial charge in [0.2, 0.25) is 5.91 Å². The van der Waals surface area contributed by atoms with Crippen molar-refractivity contribution in [1.82, 2.24) is 0 Å². The maximum Gasteiger partial charge on any atom is 0.311 e. The van der Waals surface area contributed by atoms with E-state index in [1.807, 2.05) is 0 Å². The molecule has 1 heterocycles. The molecule has 0 saturated carbocycles. The predicted octanol–water partition coefficient (Wildman–Crippen LogP) is 2.45. The van der Waals surface area contributed by atoms with Gasteiger partial charge < -0.3 is 19.7 Å². The van der Waals surface area contributed by atoms with E-state index in [9.17, 15) is 24.5 Å². The van der Waals surface area contributed by atoms with Gasteiger partial charge in [0.15, 0.2) is 6.61 Å². The largest absolute Gasteiger partial charge is 0.497 e. The zero-order valence-corrected chi connectivity index (χ0v) is 17.0. The molecule has 1 aliphatic heterocycles. The second kappa shape index (κ2) is 9.24. The Kier molecular flexibility index (Phi) is 6.49. The fourth-order valence-electron chi connectivity index (χ4n) is 3.21. The summed E-state index contributed by atoms with van der Waals surface area (Å²) in [6.07, 6.45) is -0.0172. The van der Waals surface area contributed by atoms with E-state index >= 15 is 0 Å². The van der Waals surface area contributed by atoms with Crippen LogP contribution in [0.1, 0.15) is 12.0 Å². The van der Waals surface area contributed by atoms with Crippen molar-refractivity contribution < 1.29 is 28.8 Å². The second-order valence-electron chi connectivity index (χ2n) is 7.02. The van der Waals surface area contributed by atoms with Crippen molar-refractivity contribution >= 4 is 34.8 Å². The summed E-state index contributed by atoms with van der Waals surface area (Å²) >= 11 is 0. The SMILES string of the molecule is COc1ccc(N2C[C@H](C(=O)OCC(=O)Nc3ccc(C)c([N+](=O)[O-])c3)CC2=O)cc1. The van der Waals surface area contributed by atoms with Gasteiger partial charge in [0, 0.05) is 36.0 Å². The minimum absolute atomic E-state index is 0.0172. The van der Waals surface area contributed by atoms with Gasteiger partial charge in [-0.15, -0.1) is 0 Å². The normalized spacial score (nSPS) is 15.5. The van der Waals surface area contributed by atoms with Gasteiger partial charge in [0.25, 0.3) is 11.6 Å². The number of anilines is 2.